The number of amides is 1. The Balaban J connectivity index is 1.54. The highest BCUT2D eigenvalue weighted by molar-refractivity contribution is 5.75. The molecule has 1 aliphatic rings. The van der Waals surface area contributed by atoms with Gasteiger partial charge in [0, 0.05) is 13.0 Å². The van der Waals surface area contributed by atoms with E-state index in [2.05, 4.69) is 5.32 Å². The zero-order chi connectivity index (χ0) is 14.4. The quantitative estimate of drug-likeness (QED) is 0.715. The summed E-state index contributed by atoms with van der Waals surface area (Å²) in [5, 5.41) is 12.4. The molecule has 0 spiro atoms. The molecule has 0 aliphatic heterocycles. The Morgan fingerprint density at radius 1 is 1.50 bits per heavy atom. The van der Waals surface area contributed by atoms with Gasteiger partial charge in [-0.2, -0.15) is 0 Å². The molecule has 1 aliphatic carbocycles. The fourth-order valence-corrected chi connectivity index (χ4v) is 2.08. The fraction of sp³-hybridized carbons (Fsp3) is 0.562. The second-order valence-electron chi connectivity index (χ2n) is 5.48. The number of aliphatic hydroxyl groups is 1. The van der Waals surface area contributed by atoms with Crippen LogP contribution in [0, 0.1) is 12.8 Å². The molecular formula is C16H23NO3. The van der Waals surface area contributed by atoms with Gasteiger partial charge in [0.05, 0.1) is 12.7 Å². The first-order chi connectivity index (χ1) is 9.65. The molecule has 1 atom stereocenters. The number of rotatable bonds is 8. The van der Waals surface area contributed by atoms with Crippen LogP contribution in [0.1, 0.15) is 31.2 Å². The van der Waals surface area contributed by atoms with Crippen LogP contribution in [0.25, 0.3) is 0 Å². The molecule has 2 N–H and O–H groups in total. The maximum absolute atomic E-state index is 11.6. The molecule has 20 heavy (non-hydrogen) atoms. The minimum Gasteiger partial charge on any atom is -0.494 e. The van der Waals surface area contributed by atoms with Crippen molar-refractivity contribution in [2.24, 2.45) is 5.92 Å². The lowest BCUT2D eigenvalue weighted by Gasteiger charge is -2.11. The molecular weight excluding hydrogens is 254 g/mol. The Kier molecular flexibility index (Phi) is 5.41. The van der Waals surface area contributed by atoms with Crippen LogP contribution in [0.5, 0.6) is 5.75 Å². The summed E-state index contributed by atoms with van der Waals surface area (Å²) in [6.07, 6.45) is 2.91. The number of aliphatic hydroxyl groups excluding tert-OH is 1. The van der Waals surface area contributed by atoms with Crippen molar-refractivity contribution in [1.29, 1.82) is 0 Å². The predicted molar refractivity (Wildman–Crippen MR) is 77.6 cm³/mol. The van der Waals surface area contributed by atoms with E-state index in [1.54, 1.807) is 0 Å². The summed E-state index contributed by atoms with van der Waals surface area (Å²) in [5.41, 5.74) is 1.16. The first-order valence-electron chi connectivity index (χ1n) is 7.29. The molecule has 4 nitrogen and oxygen atoms in total. The third-order valence-electron chi connectivity index (χ3n) is 3.48. The van der Waals surface area contributed by atoms with Crippen LogP contribution in [0.4, 0.5) is 0 Å². The largest absolute Gasteiger partial charge is 0.494 e. The highest BCUT2D eigenvalue weighted by atomic mass is 16.5. The summed E-state index contributed by atoms with van der Waals surface area (Å²) in [6, 6.07) is 7.87. The van der Waals surface area contributed by atoms with Crippen LogP contribution in [-0.2, 0) is 4.79 Å². The van der Waals surface area contributed by atoms with Crippen LogP contribution >= 0.6 is 0 Å². The van der Waals surface area contributed by atoms with Crippen molar-refractivity contribution < 1.29 is 14.6 Å². The molecule has 1 saturated carbocycles. The topological polar surface area (TPSA) is 58.6 Å². The fourth-order valence-electron chi connectivity index (χ4n) is 2.08. The van der Waals surface area contributed by atoms with E-state index in [9.17, 15) is 9.90 Å². The average Bonchev–Trinajstić information content (AvgIpc) is 3.25. The molecule has 4 heteroatoms. The number of ether oxygens (including phenoxy) is 1. The second-order valence-corrected chi connectivity index (χ2v) is 5.48. The molecule has 2 rings (SSSR count). The van der Waals surface area contributed by atoms with E-state index in [4.69, 9.17) is 4.74 Å². The summed E-state index contributed by atoms with van der Waals surface area (Å²) in [4.78, 5) is 11.6. The van der Waals surface area contributed by atoms with Crippen LogP contribution in [0.2, 0.25) is 0 Å². The lowest BCUT2D eigenvalue weighted by molar-refractivity contribution is -0.121. The minimum absolute atomic E-state index is 0.0162. The molecule has 1 aromatic rings. The number of hydrogen-bond acceptors (Lipinski definition) is 3. The van der Waals surface area contributed by atoms with E-state index in [0.717, 1.165) is 24.2 Å². The molecule has 1 unspecified atom stereocenters. The van der Waals surface area contributed by atoms with E-state index in [-0.39, 0.29) is 12.0 Å². The average molecular weight is 277 g/mol. The standard InChI is InChI=1S/C16H23NO3/c1-12-4-2-5-14(10-12)20-9-3-6-16(19)17-11-15(18)13-7-8-13/h2,4-5,10,13,15,18H,3,6-9,11H2,1H3,(H,17,19). The third kappa shape index (κ3) is 5.21. The van der Waals surface area contributed by atoms with Gasteiger partial charge in [-0.05, 0) is 49.8 Å². The van der Waals surface area contributed by atoms with Crippen molar-refractivity contribution in [2.45, 2.75) is 38.7 Å². The summed E-state index contributed by atoms with van der Waals surface area (Å²) in [7, 11) is 0. The maximum atomic E-state index is 11.6. The van der Waals surface area contributed by atoms with E-state index < -0.39 is 0 Å². The van der Waals surface area contributed by atoms with Crippen molar-refractivity contribution in [2.75, 3.05) is 13.2 Å². The van der Waals surface area contributed by atoms with Crippen molar-refractivity contribution >= 4 is 5.91 Å². The van der Waals surface area contributed by atoms with Gasteiger partial charge in [-0.25, -0.2) is 0 Å². The summed E-state index contributed by atoms with van der Waals surface area (Å²) in [6.45, 7) is 2.93. The number of aryl methyl sites for hydroxylation is 1. The lowest BCUT2D eigenvalue weighted by Crippen LogP contribution is -2.33. The Morgan fingerprint density at radius 3 is 3.00 bits per heavy atom. The molecule has 0 aromatic heterocycles. The zero-order valence-corrected chi connectivity index (χ0v) is 12.0. The highest BCUT2D eigenvalue weighted by Gasteiger charge is 2.29. The predicted octanol–water partition coefficient (Wildman–Crippen LogP) is 2.04. The number of nitrogens with one attached hydrogen (secondary N) is 1. The Labute approximate surface area is 120 Å². The van der Waals surface area contributed by atoms with Gasteiger partial charge in [0.15, 0.2) is 0 Å². The number of hydrogen-bond donors (Lipinski definition) is 2. The summed E-state index contributed by atoms with van der Waals surface area (Å²) in [5.74, 6) is 1.23. The van der Waals surface area contributed by atoms with Gasteiger partial charge in [-0.3, -0.25) is 4.79 Å². The molecule has 1 amide bonds. The smallest absolute Gasteiger partial charge is 0.220 e. The van der Waals surface area contributed by atoms with Crippen molar-refractivity contribution in [3.63, 3.8) is 0 Å². The van der Waals surface area contributed by atoms with Gasteiger partial charge >= 0.3 is 0 Å². The molecule has 0 bridgehead atoms. The minimum atomic E-state index is -0.373. The Hall–Kier alpha value is -1.55. The Bertz CT molecular complexity index is 443. The van der Waals surface area contributed by atoms with Gasteiger partial charge in [0.2, 0.25) is 5.91 Å². The summed E-state index contributed by atoms with van der Waals surface area (Å²) >= 11 is 0. The highest BCUT2D eigenvalue weighted by Crippen LogP contribution is 2.32. The van der Waals surface area contributed by atoms with Crippen LogP contribution in [0.15, 0.2) is 24.3 Å². The number of carbonyl (C=O) groups excluding carboxylic acids is 1. The van der Waals surface area contributed by atoms with E-state index >= 15 is 0 Å². The number of benzene rings is 1. The first kappa shape index (κ1) is 14.9. The van der Waals surface area contributed by atoms with Crippen LogP contribution in [0.3, 0.4) is 0 Å². The number of carbonyl (C=O) groups is 1. The second kappa shape index (κ2) is 7.29. The van der Waals surface area contributed by atoms with Crippen molar-refractivity contribution in [1.82, 2.24) is 5.32 Å². The van der Waals surface area contributed by atoms with E-state index in [1.165, 1.54) is 0 Å². The molecule has 1 aromatic carbocycles. The van der Waals surface area contributed by atoms with Gasteiger partial charge < -0.3 is 15.2 Å². The van der Waals surface area contributed by atoms with Gasteiger partial charge in [0.1, 0.15) is 5.75 Å². The molecule has 0 heterocycles. The van der Waals surface area contributed by atoms with Crippen molar-refractivity contribution in [3.8, 4) is 5.75 Å². The van der Waals surface area contributed by atoms with Crippen molar-refractivity contribution in [3.05, 3.63) is 29.8 Å². The molecule has 0 radical (unpaired) electrons. The normalized spacial score (nSPS) is 15.7. The monoisotopic (exact) mass is 277 g/mol. The van der Waals surface area contributed by atoms with Gasteiger partial charge in [-0.1, -0.05) is 12.1 Å². The zero-order valence-electron chi connectivity index (χ0n) is 12.0. The van der Waals surface area contributed by atoms with E-state index in [1.807, 2.05) is 31.2 Å². The molecule has 0 saturated heterocycles. The van der Waals surface area contributed by atoms with E-state index in [0.29, 0.717) is 31.9 Å². The van der Waals surface area contributed by atoms with Gasteiger partial charge in [-0.15, -0.1) is 0 Å². The SMILES string of the molecule is Cc1cccc(OCCCC(=O)NCC(O)C2CC2)c1. The lowest BCUT2D eigenvalue weighted by atomic mass is 10.2. The summed E-state index contributed by atoms with van der Waals surface area (Å²) < 4.78 is 5.58. The van der Waals surface area contributed by atoms with Gasteiger partial charge in [0.25, 0.3) is 0 Å². The van der Waals surface area contributed by atoms with Crippen LogP contribution in [-0.4, -0.2) is 30.3 Å². The third-order valence-corrected chi connectivity index (χ3v) is 3.48. The molecule has 110 valence electrons. The Morgan fingerprint density at radius 2 is 2.30 bits per heavy atom. The first-order valence-corrected chi connectivity index (χ1v) is 7.29. The van der Waals surface area contributed by atoms with Crippen LogP contribution < -0.4 is 10.1 Å². The molecule has 1 fully saturated rings. The maximum Gasteiger partial charge on any atom is 0.220 e.